The summed E-state index contributed by atoms with van der Waals surface area (Å²) in [7, 11) is 0. The maximum atomic E-state index is 11.7. The van der Waals surface area contributed by atoms with Crippen LogP contribution in [-0.4, -0.2) is 15.8 Å². The Morgan fingerprint density at radius 1 is 1.38 bits per heavy atom. The monoisotopic (exact) mass is 244 g/mol. The summed E-state index contributed by atoms with van der Waals surface area (Å²) in [6, 6.07) is 3.24. The van der Waals surface area contributed by atoms with Crippen molar-refractivity contribution in [2.24, 2.45) is 0 Å². The summed E-state index contributed by atoms with van der Waals surface area (Å²) in [5.74, 6) is 0. The molecule has 0 saturated heterocycles. The number of hydrogen-bond acceptors (Lipinski definition) is 3. The highest BCUT2D eigenvalue weighted by atomic mass is 35.5. The minimum atomic E-state index is -0.418. The van der Waals surface area contributed by atoms with Crippen molar-refractivity contribution in [3.05, 3.63) is 28.7 Å². The van der Waals surface area contributed by atoms with Crippen LogP contribution in [0, 0.1) is 0 Å². The lowest BCUT2D eigenvalue weighted by molar-refractivity contribution is 0.0739. The van der Waals surface area contributed by atoms with Crippen LogP contribution in [0.15, 0.2) is 23.1 Å². The number of nitrogen functional groups attached to an aromatic ring is 1. The van der Waals surface area contributed by atoms with Crippen LogP contribution >= 0.6 is 12.4 Å². The van der Waals surface area contributed by atoms with Crippen LogP contribution < -0.4 is 11.3 Å². The van der Waals surface area contributed by atoms with Crippen LogP contribution in [-0.2, 0) is 0 Å². The van der Waals surface area contributed by atoms with Crippen molar-refractivity contribution in [3.63, 3.8) is 0 Å². The fourth-order valence-corrected chi connectivity index (χ4v) is 2.20. The molecule has 1 heterocycles. The number of pyridine rings is 1. The molecular formula is C11H17ClN2O2. The molecule has 1 saturated carbocycles. The van der Waals surface area contributed by atoms with Crippen LogP contribution in [0.25, 0.3) is 0 Å². The average molecular weight is 245 g/mol. The molecule has 0 bridgehead atoms. The van der Waals surface area contributed by atoms with E-state index in [2.05, 4.69) is 0 Å². The van der Waals surface area contributed by atoms with Crippen molar-refractivity contribution in [2.75, 3.05) is 5.73 Å². The standard InChI is InChI=1S/C11H16N2O2.ClH/c12-8-4-3-7-13(11(8)15)9-5-1-2-6-10(9)14;/h3-4,7,9-10,14H,1-2,5-6,12H2;1H/t9?,10-;/m1./s1. The predicted octanol–water partition coefficient (Wildman–Crippen LogP) is 1.33. The molecule has 0 spiro atoms. The van der Waals surface area contributed by atoms with Gasteiger partial charge in [-0.3, -0.25) is 4.79 Å². The third-order valence-electron chi connectivity index (χ3n) is 3.06. The number of hydrogen-bond donors (Lipinski definition) is 2. The Labute approximate surface area is 100 Å². The van der Waals surface area contributed by atoms with Gasteiger partial charge in [0.05, 0.1) is 17.8 Å². The van der Waals surface area contributed by atoms with E-state index in [1.807, 2.05) is 0 Å². The Kier molecular flexibility index (Phi) is 4.38. The van der Waals surface area contributed by atoms with E-state index in [0.29, 0.717) is 0 Å². The van der Waals surface area contributed by atoms with E-state index in [4.69, 9.17) is 5.73 Å². The van der Waals surface area contributed by atoms with E-state index in [1.165, 1.54) is 0 Å². The fraction of sp³-hybridized carbons (Fsp3) is 0.545. The molecule has 1 aromatic heterocycles. The number of aromatic nitrogens is 1. The number of nitrogens with two attached hydrogens (primary N) is 1. The molecule has 1 fully saturated rings. The molecule has 0 aromatic carbocycles. The number of rotatable bonds is 1. The van der Waals surface area contributed by atoms with Crippen molar-refractivity contribution >= 4 is 18.1 Å². The summed E-state index contributed by atoms with van der Waals surface area (Å²) in [5.41, 5.74) is 5.61. The summed E-state index contributed by atoms with van der Waals surface area (Å²) in [6.07, 6.45) is 5.00. The molecule has 90 valence electrons. The van der Waals surface area contributed by atoms with E-state index in [-0.39, 0.29) is 29.7 Å². The summed E-state index contributed by atoms with van der Waals surface area (Å²) in [4.78, 5) is 11.7. The first-order valence-electron chi connectivity index (χ1n) is 5.35. The molecule has 16 heavy (non-hydrogen) atoms. The fourth-order valence-electron chi connectivity index (χ4n) is 2.20. The molecule has 2 atom stereocenters. The molecule has 0 radical (unpaired) electrons. The lowest BCUT2D eigenvalue weighted by atomic mass is 9.92. The number of aliphatic hydroxyl groups is 1. The first kappa shape index (κ1) is 13.1. The Bertz CT molecular complexity index is 405. The van der Waals surface area contributed by atoms with Gasteiger partial charge < -0.3 is 15.4 Å². The second kappa shape index (κ2) is 5.37. The largest absolute Gasteiger partial charge is 0.394 e. The number of nitrogens with zero attached hydrogens (tertiary/aromatic N) is 1. The zero-order chi connectivity index (χ0) is 10.8. The van der Waals surface area contributed by atoms with Gasteiger partial charge in [0.25, 0.3) is 5.56 Å². The van der Waals surface area contributed by atoms with Crippen LogP contribution in [0.3, 0.4) is 0 Å². The lowest BCUT2D eigenvalue weighted by Gasteiger charge is -2.29. The predicted molar refractivity (Wildman–Crippen MR) is 65.9 cm³/mol. The summed E-state index contributed by atoms with van der Waals surface area (Å²) in [6.45, 7) is 0. The van der Waals surface area contributed by atoms with E-state index < -0.39 is 6.10 Å². The van der Waals surface area contributed by atoms with Gasteiger partial charge >= 0.3 is 0 Å². The molecule has 5 heteroatoms. The molecule has 0 amide bonds. The van der Waals surface area contributed by atoms with Gasteiger partial charge in [-0.1, -0.05) is 12.8 Å². The maximum Gasteiger partial charge on any atom is 0.274 e. The topological polar surface area (TPSA) is 68.2 Å². The molecule has 4 nitrogen and oxygen atoms in total. The third-order valence-corrected chi connectivity index (χ3v) is 3.06. The minimum absolute atomic E-state index is 0. The second-order valence-corrected chi connectivity index (χ2v) is 4.10. The van der Waals surface area contributed by atoms with Crippen LogP contribution in [0.5, 0.6) is 0 Å². The number of aliphatic hydroxyl groups excluding tert-OH is 1. The van der Waals surface area contributed by atoms with Gasteiger partial charge in [-0.25, -0.2) is 0 Å². The molecule has 2 rings (SSSR count). The highest BCUT2D eigenvalue weighted by Crippen LogP contribution is 2.27. The molecule has 1 aromatic rings. The van der Waals surface area contributed by atoms with E-state index in [9.17, 15) is 9.90 Å². The summed E-state index contributed by atoms with van der Waals surface area (Å²) >= 11 is 0. The van der Waals surface area contributed by atoms with Crippen molar-refractivity contribution in [1.82, 2.24) is 4.57 Å². The Balaban J connectivity index is 0.00000128. The SMILES string of the molecule is Cl.Nc1cccn(C2CCCC[C@H]2O)c1=O. The molecule has 3 N–H and O–H groups in total. The van der Waals surface area contributed by atoms with Crippen LogP contribution in [0.2, 0.25) is 0 Å². The van der Waals surface area contributed by atoms with Gasteiger partial charge in [0.15, 0.2) is 0 Å². The van der Waals surface area contributed by atoms with E-state index >= 15 is 0 Å². The van der Waals surface area contributed by atoms with Crippen LogP contribution in [0.4, 0.5) is 5.69 Å². The van der Waals surface area contributed by atoms with Gasteiger partial charge in [0.2, 0.25) is 0 Å². The number of anilines is 1. The first-order chi connectivity index (χ1) is 7.20. The molecular weight excluding hydrogens is 228 g/mol. The molecule has 1 aliphatic rings. The van der Waals surface area contributed by atoms with Gasteiger partial charge in [0, 0.05) is 6.20 Å². The van der Waals surface area contributed by atoms with Crippen molar-refractivity contribution < 1.29 is 5.11 Å². The first-order valence-corrected chi connectivity index (χ1v) is 5.35. The maximum absolute atomic E-state index is 11.7. The van der Waals surface area contributed by atoms with E-state index in [0.717, 1.165) is 25.7 Å². The minimum Gasteiger partial charge on any atom is -0.394 e. The molecule has 1 aliphatic carbocycles. The number of halogens is 1. The highest BCUT2D eigenvalue weighted by molar-refractivity contribution is 5.85. The van der Waals surface area contributed by atoms with E-state index in [1.54, 1.807) is 22.9 Å². The quantitative estimate of drug-likeness (QED) is 0.783. The van der Waals surface area contributed by atoms with Gasteiger partial charge in [-0.2, -0.15) is 0 Å². The Hall–Kier alpha value is -1.00. The normalized spacial score (nSPS) is 24.8. The Morgan fingerprint density at radius 2 is 2.06 bits per heavy atom. The molecule has 0 aliphatic heterocycles. The van der Waals surface area contributed by atoms with Crippen molar-refractivity contribution in [1.29, 1.82) is 0 Å². The second-order valence-electron chi connectivity index (χ2n) is 4.10. The third kappa shape index (κ3) is 2.39. The van der Waals surface area contributed by atoms with Crippen molar-refractivity contribution in [3.8, 4) is 0 Å². The smallest absolute Gasteiger partial charge is 0.274 e. The van der Waals surface area contributed by atoms with Gasteiger partial charge in [-0.05, 0) is 25.0 Å². The lowest BCUT2D eigenvalue weighted by Crippen LogP contribution is -2.35. The zero-order valence-electron chi connectivity index (χ0n) is 9.00. The summed E-state index contributed by atoms with van der Waals surface area (Å²) < 4.78 is 1.57. The van der Waals surface area contributed by atoms with Gasteiger partial charge in [0.1, 0.15) is 0 Å². The highest BCUT2D eigenvalue weighted by Gasteiger charge is 2.25. The Morgan fingerprint density at radius 3 is 2.75 bits per heavy atom. The van der Waals surface area contributed by atoms with Crippen LogP contribution in [0.1, 0.15) is 31.7 Å². The molecule has 1 unspecified atom stereocenters. The summed E-state index contributed by atoms with van der Waals surface area (Å²) in [5, 5.41) is 9.84. The zero-order valence-corrected chi connectivity index (χ0v) is 9.82. The average Bonchev–Trinajstić information content (AvgIpc) is 2.23. The van der Waals surface area contributed by atoms with Gasteiger partial charge in [-0.15, -0.1) is 12.4 Å². The van der Waals surface area contributed by atoms with Crippen molar-refractivity contribution in [2.45, 2.75) is 37.8 Å².